The van der Waals surface area contributed by atoms with E-state index in [1.54, 1.807) is 42.5 Å². The Labute approximate surface area is 406 Å². The third-order valence-corrected chi connectivity index (χ3v) is 13.0. The van der Waals surface area contributed by atoms with Crippen LogP contribution in [0.3, 0.4) is 0 Å². The molecule has 4 aromatic rings. The van der Waals surface area contributed by atoms with E-state index >= 15 is 0 Å². The zero-order valence-corrected chi connectivity index (χ0v) is 37.3. The fourth-order valence-corrected chi connectivity index (χ4v) is 9.08. The first-order valence-corrected chi connectivity index (χ1v) is 22.4. The standard InChI is InChI=1S/C48H50FNO22/c49-22-12-9-19(10-13-22)27(68-47-37(58)31(52)34(55)40(71-47)44(63)64)16-15-26-29(50(42(26)60)23-6-2-1-3-7-23)25-14-11-21(18-28(25)69-48-38(59)32(53)35(56)41(72-48)45(65)66)20-5-4-8-24(17-20)67-46-36(57)30(51)33(54)39(70-46)43(61)62/h1-14,17-18,26-27,29-41,46-48,51-59H,15-16H2,(H,61,62)(H,63,64)(H,65,66)/t26-,27+,29-,30?,31?,32?,33+,34+,35+,36?,37?,38?,39?,40?,41?,46-,47-,48-/m1/s1. The lowest BCUT2D eigenvalue weighted by molar-refractivity contribution is -0.306. The molecule has 24 heteroatoms. The van der Waals surface area contributed by atoms with Gasteiger partial charge in [-0.05, 0) is 72.0 Å². The van der Waals surface area contributed by atoms with Gasteiger partial charge in [0.1, 0.15) is 72.3 Å². The second-order valence-electron chi connectivity index (χ2n) is 17.6. The number of aliphatic carboxylic acids is 3. The molecule has 0 radical (unpaired) electrons. The predicted octanol–water partition coefficient (Wildman–Crippen LogP) is -0.831. The topological polar surface area (TPSA) is 370 Å². The zero-order valence-electron chi connectivity index (χ0n) is 37.3. The van der Waals surface area contributed by atoms with Gasteiger partial charge in [-0.25, -0.2) is 18.8 Å². The molecule has 4 aromatic carbocycles. The lowest BCUT2D eigenvalue weighted by atomic mass is 9.77. The maximum atomic E-state index is 14.4. The number of β-lactam (4-membered cyclic amide) rings is 1. The normalized spacial score (nSPS) is 34.1. The maximum absolute atomic E-state index is 14.4. The fraction of sp³-hybridized carbons (Fsp3) is 0.417. The van der Waals surface area contributed by atoms with Gasteiger partial charge in [0.15, 0.2) is 24.6 Å². The average Bonchev–Trinajstić information content (AvgIpc) is 3.36. The predicted molar refractivity (Wildman–Crippen MR) is 236 cm³/mol. The molecule has 23 nitrogen and oxygen atoms in total. The summed E-state index contributed by atoms with van der Waals surface area (Å²) < 4.78 is 48.4. The molecule has 18 atom stereocenters. The van der Waals surface area contributed by atoms with Crippen LogP contribution in [-0.2, 0) is 38.1 Å². The molecule has 9 unspecified atom stereocenters. The van der Waals surface area contributed by atoms with Crippen molar-refractivity contribution in [1.82, 2.24) is 0 Å². The van der Waals surface area contributed by atoms with Crippen molar-refractivity contribution >= 4 is 29.5 Å². The molecule has 1 amide bonds. The Kier molecular flexibility index (Phi) is 15.5. The van der Waals surface area contributed by atoms with Gasteiger partial charge in [-0.1, -0.05) is 54.6 Å². The maximum Gasteiger partial charge on any atom is 0.335 e. The SMILES string of the molecule is O=C(O)C1O[C@@H](Oc2cccc(-c3ccc([C@@H]4[C@@H](CC[C@H](O[C@@H]5OC(C(=O)O)[C@@H](O)C(O)C5O)c5ccc(F)cc5)C(=O)N4c4ccccc4)c(O[C@@H]4OC(C(=O)O)[C@@H](O)C(O)C4O)c3)c2)C(O)C(O)[C@@H]1O. The van der Waals surface area contributed by atoms with E-state index < -0.39 is 140 Å². The Morgan fingerprint density at radius 2 is 1.08 bits per heavy atom. The van der Waals surface area contributed by atoms with E-state index in [1.807, 2.05) is 0 Å². The van der Waals surface area contributed by atoms with Crippen LogP contribution in [0, 0.1) is 11.7 Å². The van der Waals surface area contributed by atoms with Gasteiger partial charge in [-0.3, -0.25) is 4.79 Å². The number of aliphatic hydroxyl groups is 9. The highest BCUT2D eigenvalue weighted by Crippen LogP contribution is 2.50. The van der Waals surface area contributed by atoms with Crippen molar-refractivity contribution in [3.63, 3.8) is 0 Å². The Morgan fingerprint density at radius 3 is 1.64 bits per heavy atom. The minimum Gasteiger partial charge on any atom is -0.479 e. The number of carboxylic acids is 3. The summed E-state index contributed by atoms with van der Waals surface area (Å²) in [7, 11) is 0. The molecule has 4 fully saturated rings. The van der Waals surface area contributed by atoms with Gasteiger partial charge in [0.25, 0.3) is 0 Å². The summed E-state index contributed by atoms with van der Waals surface area (Å²) in [5.41, 5.74) is 1.53. The highest BCUT2D eigenvalue weighted by Gasteiger charge is 2.53. The van der Waals surface area contributed by atoms with Gasteiger partial charge in [-0.2, -0.15) is 0 Å². The summed E-state index contributed by atoms with van der Waals surface area (Å²) >= 11 is 0. The number of para-hydroxylation sites is 1. The van der Waals surface area contributed by atoms with Crippen molar-refractivity contribution in [2.45, 2.75) is 117 Å². The van der Waals surface area contributed by atoms with Crippen LogP contribution in [0.2, 0.25) is 0 Å². The molecule has 0 aromatic heterocycles. The van der Waals surface area contributed by atoms with Crippen LogP contribution < -0.4 is 14.4 Å². The zero-order chi connectivity index (χ0) is 51.9. The number of hydrogen-bond acceptors (Lipinski definition) is 19. The van der Waals surface area contributed by atoms with Gasteiger partial charge < -0.3 is 94.6 Å². The summed E-state index contributed by atoms with van der Waals surface area (Å²) in [5.74, 6) is -7.28. The second-order valence-corrected chi connectivity index (χ2v) is 17.6. The van der Waals surface area contributed by atoms with Crippen molar-refractivity contribution in [2.75, 3.05) is 4.90 Å². The molecule has 0 bridgehead atoms. The van der Waals surface area contributed by atoms with E-state index in [2.05, 4.69) is 0 Å². The number of rotatable bonds is 16. The number of anilines is 1. The molecule has 0 saturated carbocycles. The minimum absolute atomic E-state index is 0.0311. The van der Waals surface area contributed by atoms with E-state index in [9.17, 15) is 84.8 Å². The molecule has 0 spiro atoms. The van der Waals surface area contributed by atoms with Gasteiger partial charge in [0, 0.05) is 11.3 Å². The lowest BCUT2D eigenvalue weighted by Gasteiger charge is -2.48. The second kappa shape index (κ2) is 21.5. The highest BCUT2D eigenvalue weighted by molar-refractivity contribution is 6.03. The average molecular weight is 1010 g/mol. The molecule has 4 saturated heterocycles. The molecule has 0 aliphatic carbocycles. The molecule has 4 aliphatic rings. The van der Waals surface area contributed by atoms with Gasteiger partial charge >= 0.3 is 17.9 Å². The van der Waals surface area contributed by atoms with Crippen LogP contribution in [-0.4, -0.2) is 177 Å². The smallest absolute Gasteiger partial charge is 0.335 e. The monoisotopic (exact) mass is 1010 g/mol. The number of carbonyl (C=O) groups is 4. The van der Waals surface area contributed by atoms with E-state index in [4.69, 9.17) is 28.4 Å². The van der Waals surface area contributed by atoms with E-state index in [-0.39, 0.29) is 35.5 Å². The Bertz CT molecular complexity index is 2590. The summed E-state index contributed by atoms with van der Waals surface area (Å²) in [4.78, 5) is 51.7. The summed E-state index contributed by atoms with van der Waals surface area (Å²) in [6, 6.07) is 22.7. The number of hydrogen-bond donors (Lipinski definition) is 12. The van der Waals surface area contributed by atoms with Crippen molar-refractivity contribution in [1.29, 1.82) is 0 Å². The van der Waals surface area contributed by atoms with Crippen molar-refractivity contribution < 1.29 is 113 Å². The number of aliphatic hydroxyl groups excluding tert-OH is 9. The van der Waals surface area contributed by atoms with Crippen LogP contribution in [0.5, 0.6) is 11.5 Å². The van der Waals surface area contributed by atoms with E-state index in [0.29, 0.717) is 16.8 Å². The number of carbonyl (C=O) groups excluding carboxylic acids is 1. The molecule has 12 N–H and O–H groups in total. The number of halogens is 1. The van der Waals surface area contributed by atoms with Crippen LogP contribution >= 0.6 is 0 Å². The van der Waals surface area contributed by atoms with Crippen molar-refractivity contribution in [2.24, 2.45) is 5.92 Å². The quantitative estimate of drug-likeness (QED) is 0.0609. The molecule has 72 heavy (non-hydrogen) atoms. The number of amides is 1. The van der Waals surface area contributed by atoms with E-state index in [1.165, 1.54) is 47.4 Å². The Balaban J connectivity index is 1.16. The van der Waals surface area contributed by atoms with Crippen LogP contribution in [0.4, 0.5) is 10.1 Å². The van der Waals surface area contributed by atoms with Gasteiger partial charge in [0.05, 0.1) is 18.1 Å². The molecule has 4 aliphatic heterocycles. The molecule has 8 rings (SSSR count). The third-order valence-electron chi connectivity index (χ3n) is 13.0. The first-order chi connectivity index (χ1) is 34.2. The van der Waals surface area contributed by atoms with E-state index in [0.717, 1.165) is 12.1 Å². The third kappa shape index (κ3) is 10.4. The first-order valence-electron chi connectivity index (χ1n) is 22.4. The largest absolute Gasteiger partial charge is 0.479 e. The molecule has 4 heterocycles. The van der Waals surface area contributed by atoms with Crippen molar-refractivity contribution in [3.05, 3.63) is 114 Å². The van der Waals surface area contributed by atoms with Crippen LogP contribution in [0.25, 0.3) is 11.1 Å². The number of benzene rings is 4. The van der Waals surface area contributed by atoms with Gasteiger partial charge in [0.2, 0.25) is 18.5 Å². The minimum atomic E-state index is -2.09. The molecular formula is C48H50FNO22. The summed E-state index contributed by atoms with van der Waals surface area (Å²) in [6.45, 7) is 0. The Morgan fingerprint density at radius 1 is 0.569 bits per heavy atom. The fourth-order valence-electron chi connectivity index (χ4n) is 9.08. The summed E-state index contributed by atoms with van der Waals surface area (Å²) in [5, 5.41) is 124. The lowest BCUT2D eigenvalue weighted by Crippen LogP contribution is -2.61. The number of nitrogens with zero attached hydrogens (tertiary/aromatic N) is 1. The van der Waals surface area contributed by atoms with Gasteiger partial charge in [-0.15, -0.1) is 0 Å². The highest BCUT2D eigenvalue weighted by atomic mass is 19.1. The first kappa shape index (κ1) is 52.1. The van der Waals surface area contributed by atoms with Crippen LogP contribution in [0.1, 0.15) is 36.1 Å². The molecular weight excluding hydrogens is 962 g/mol. The number of carboxylic acid groups (broad SMARTS) is 3. The summed E-state index contributed by atoms with van der Waals surface area (Å²) in [6.07, 6.45) is -31.2. The van der Waals surface area contributed by atoms with Crippen LogP contribution in [0.15, 0.2) is 97.1 Å². The number of ether oxygens (including phenoxy) is 6. The Hall–Kier alpha value is -6.23. The molecule has 386 valence electrons. The van der Waals surface area contributed by atoms with Crippen molar-refractivity contribution in [3.8, 4) is 22.6 Å².